The van der Waals surface area contributed by atoms with E-state index in [1.54, 1.807) is 42.5 Å². The molecular formula is C20H16Cl2N2O3S. The monoisotopic (exact) mass is 434 g/mol. The minimum absolute atomic E-state index is 0.0844. The molecule has 0 radical (unpaired) electrons. The van der Waals surface area contributed by atoms with E-state index in [2.05, 4.69) is 5.32 Å². The van der Waals surface area contributed by atoms with Gasteiger partial charge in [-0.1, -0.05) is 41.4 Å². The van der Waals surface area contributed by atoms with Gasteiger partial charge in [0.15, 0.2) is 0 Å². The summed E-state index contributed by atoms with van der Waals surface area (Å²) in [6, 6.07) is 19.1. The SMILES string of the molecule is CN(c1ccccc1)S(=O)(=O)c1ccc(C(=O)Nc2cc(Cl)cc(Cl)c2)cc1. The maximum Gasteiger partial charge on any atom is 0.264 e. The van der Waals surface area contributed by atoms with Crippen LogP contribution < -0.4 is 9.62 Å². The van der Waals surface area contributed by atoms with E-state index in [1.807, 2.05) is 6.07 Å². The standard InChI is InChI=1S/C20H16Cl2N2O3S/c1-24(18-5-3-2-4-6-18)28(26,27)19-9-7-14(8-10-19)20(25)23-17-12-15(21)11-16(22)13-17/h2-13H,1H3,(H,23,25). The second-order valence-corrected chi connectivity index (χ2v) is 8.79. The number of carbonyl (C=O) groups excluding carboxylic acids is 1. The van der Waals surface area contributed by atoms with E-state index in [4.69, 9.17) is 23.2 Å². The summed E-state index contributed by atoms with van der Waals surface area (Å²) in [5, 5.41) is 3.47. The molecule has 1 N–H and O–H groups in total. The van der Waals surface area contributed by atoms with Crippen LogP contribution in [0.15, 0.2) is 77.7 Å². The van der Waals surface area contributed by atoms with E-state index in [9.17, 15) is 13.2 Å². The molecule has 0 spiro atoms. The first-order chi connectivity index (χ1) is 13.3. The second kappa shape index (κ2) is 8.22. The van der Waals surface area contributed by atoms with Crippen molar-refractivity contribution in [2.75, 3.05) is 16.7 Å². The molecule has 0 bridgehead atoms. The molecule has 1 amide bonds. The molecule has 3 aromatic rings. The zero-order chi connectivity index (χ0) is 20.3. The fourth-order valence-corrected chi connectivity index (χ4v) is 4.26. The number of nitrogens with zero attached hydrogens (tertiary/aromatic N) is 1. The van der Waals surface area contributed by atoms with Gasteiger partial charge in [0.25, 0.3) is 15.9 Å². The first-order valence-electron chi connectivity index (χ1n) is 8.19. The molecule has 8 heteroatoms. The number of anilines is 2. The van der Waals surface area contributed by atoms with Crippen molar-refractivity contribution in [2.24, 2.45) is 0 Å². The Morgan fingerprint density at radius 3 is 2.04 bits per heavy atom. The van der Waals surface area contributed by atoms with Crippen LogP contribution in [0.2, 0.25) is 10.0 Å². The van der Waals surface area contributed by atoms with Crippen LogP contribution in [-0.4, -0.2) is 21.4 Å². The average Bonchev–Trinajstić information content (AvgIpc) is 2.67. The first-order valence-corrected chi connectivity index (χ1v) is 10.4. The molecule has 0 aliphatic carbocycles. The number of amides is 1. The van der Waals surface area contributed by atoms with Gasteiger partial charge in [-0.3, -0.25) is 9.10 Å². The Labute approximate surface area is 173 Å². The fourth-order valence-electron chi connectivity index (χ4n) is 2.54. The van der Waals surface area contributed by atoms with E-state index >= 15 is 0 Å². The van der Waals surface area contributed by atoms with Gasteiger partial charge in [-0.15, -0.1) is 0 Å². The van der Waals surface area contributed by atoms with Crippen LogP contribution in [-0.2, 0) is 10.0 Å². The summed E-state index contributed by atoms with van der Waals surface area (Å²) in [6.45, 7) is 0. The zero-order valence-corrected chi connectivity index (χ0v) is 17.1. The number of para-hydroxylation sites is 1. The Bertz CT molecular complexity index is 1080. The Morgan fingerprint density at radius 1 is 0.893 bits per heavy atom. The van der Waals surface area contributed by atoms with E-state index in [0.717, 1.165) is 0 Å². The highest BCUT2D eigenvalue weighted by atomic mass is 35.5. The molecule has 0 aromatic heterocycles. The lowest BCUT2D eigenvalue weighted by atomic mass is 10.2. The van der Waals surface area contributed by atoms with Gasteiger partial charge in [-0.05, 0) is 54.6 Å². The molecule has 0 unspecified atom stereocenters. The molecule has 144 valence electrons. The van der Waals surface area contributed by atoms with Gasteiger partial charge in [-0.2, -0.15) is 0 Å². The van der Waals surface area contributed by atoms with Gasteiger partial charge in [-0.25, -0.2) is 8.42 Å². The van der Waals surface area contributed by atoms with E-state index in [0.29, 0.717) is 27.0 Å². The number of hydrogen-bond acceptors (Lipinski definition) is 3. The van der Waals surface area contributed by atoms with Crippen molar-refractivity contribution in [1.82, 2.24) is 0 Å². The third kappa shape index (κ3) is 4.47. The Kier molecular flexibility index (Phi) is 5.93. The molecule has 0 fully saturated rings. The molecule has 0 aliphatic heterocycles. The Hall–Kier alpha value is -2.54. The predicted molar refractivity (Wildman–Crippen MR) is 113 cm³/mol. The van der Waals surface area contributed by atoms with Gasteiger partial charge < -0.3 is 5.32 Å². The van der Waals surface area contributed by atoms with E-state index in [1.165, 1.54) is 35.6 Å². The number of halogens is 2. The van der Waals surface area contributed by atoms with Gasteiger partial charge in [0.1, 0.15) is 0 Å². The number of hydrogen-bond donors (Lipinski definition) is 1. The minimum atomic E-state index is -3.74. The molecule has 0 aliphatic rings. The number of nitrogens with one attached hydrogen (secondary N) is 1. The maximum atomic E-state index is 12.8. The van der Waals surface area contributed by atoms with Crippen molar-refractivity contribution in [3.05, 3.63) is 88.4 Å². The average molecular weight is 435 g/mol. The summed E-state index contributed by atoms with van der Waals surface area (Å²) in [7, 11) is -2.26. The summed E-state index contributed by atoms with van der Waals surface area (Å²) in [4.78, 5) is 12.5. The van der Waals surface area contributed by atoms with Crippen LogP contribution in [0.5, 0.6) is 0 Å². The topological polar surface area (TPSA) is 66.5 Å². The van der Waals surface area contributed by atoms with Crippen LogP contribution in [0.3, 0.4) is 0 Å². The lowest BCUT2D eigenvalue weighted by Gasteiger charge is -2.19. The highest BCUT2D eigenvalue weighted by Gasteiger charge is 2.21. The van der Waals surface area contributed by atoms with Crippen molar-refractivity contribution in [3.63, 3.8) is 0 Å². The van der Waals surface area contributed by atoms with Crippen molar-refractivity contribution >= 4 is 50.5 Å². The van der Waals surface area contributed by atoms with E-state index in [-0.39, 0.29) is 4.90 Å². The quantitative estimate of drug-likeness (QED) is 0.609. The van der Waals surface area contributed by atoms with Gasteiger partial charge in [0.05, 0.1) is 10.6 Å². The highest BCUT2D eigenvalue weighted by molar-refractivity contribution is 7.92. The molecular weight excluding hydrogens is 419 g/mol. The number of carbonyl (C=O) groups is 1. The number of benzene rings is 3. The molecule has 0 saturated heterocycles. The van der Waals surface area contributed by atoms with Crippen molar-refractivity contribution in [1.29, 1.82) is 0 Å². The fraction of sp³-hybridized carbons (Fsp3) is 0.0500. The molecule has 0 heterocycles. The van der Waals surface area contributed by atoms with Crippen LogP contribution in [0.4, 0.5) is 11.4 Å². The van der Waals surface area contributed by atoms with Crippen molar-refractivity contribution in [2.45, 2.75) is 4.90 Å². The second-order valence-electron chi connectivity index (χ2n) is 5.94. The summed E-state index contributed by atoms with van der Waals surface area (Å²) < 4.78 is 26.7. The lowest BCUT2D eigenvalue weighted by molar-refractivity contribution is 0.102. The zero-order valence-electron chi connectivity index (χ0n) is 14.8. The summed E-state index contributed by atoms with van der Waals surface area (Å²) in [5.41, 5.74) is 1.29. The number of sulfonamides is 1. The molecule has 28 heavy (non-hydrogen) atoms. The third-order valence-electron chi connectivity index (χ3n) is 4.02. The van der Waals surface area contributed by atoms with Crippen LogP contribution in [0.25, 0.3) is 0 Å². The van der Waals surface area contributed by atoms with Crippen LogP contribution >= 0.6 is 23.2 Å². The normalized spacial score (nSPS) is 11.1. The third-order valence-corrected chi connectivity index (χ3v) is 6.25. The van der Waals surface area contributed by atoms with Gasteiger partial charge in [0.2, 0.25) is 0 Å². The number of rotatable bonds is 5. The largest absolute Gasteiger partial charge is 0.322 e. The molecule has 0 atom stereocenters. The smallest absolute Gasteiger partial charge is 0.264 e. The Balaban J connectivity index is 1.80. The molecule has 3 rings (SSSR count). The first kappa shape index (κ1) is 20.2. The highest BCUT2D eigenvalue weighted by Crippen LogP contribution is 2.24. The molecule has 5 nitrogen and oxygen atoms in total. The van der Waals surface area contributed by atoms with Gasteiger partial charge >= 0.3 is 0 Å². The summed E-state index contributed by atoms with van der Waals surface area (Å²) in [6.07, 6.45) is 0. The van der Waals surface area contributed by atoms with Crippen molar-refractivity contribution < 1.29 is 13.2 Å². The molecule has 3 aromatic carbocycles. The van der Waals surface area contributed by atoms with Gasteiger partial charge in [0, 0.05) is 28.3 Å². The Morgan fingerprint density at radius 2 is 1.46 bits per heavy atom. The van der Waals surface area contributed by atoms with Crippen molar-refractivity contribution in [3.8, 4) is 0 Å². The van der Waals surface area contributed by atoms with E-state index < -0.39 is 15.9 Å². The summed E-state index contributed by atoms with van der Waals surface area (Å²) in [5.74, 6) is -0.404. The molecule has 0 saturated carbocycles. The predicted octanol–water partition coefficient (Wildman–Crippen LogP) is 5.07. The summed E-state index contributed by atoms with van der Waals surface area (Å²) >= 11 is 11.8. The lowest BCUT2D eigenvalue weighted by Crippen LogP contribution is -2.26. The minimum Gasteiger partial charge on any atom is -0.322 e. The van der Waals surface area contributed by atoms with Crippen LogP contribution in [0.1, 0.15) is 10.4 Å². The van der Waals surface area contributed by atoms with Crippen LogP contribution in [0, 0.1) is 0 Å². The maximum absolute atomic E-state index is 12.8.